The van der Waals surface area contributed by atoms with E-state index in [9.17, 15) is 9.59 Å². The Morgan fingerprint density at radius 2 is 2.29 bits per heavy atom. The summed E-state index contributed by atoms with van der Waals surface area (Å²) >= 11 is 0. The number of aromatic amines is 1. The lowest BCUT2D eigenvalue weighted by Gasteiger charge is -2.14. The van der Waals surface area contributed by atoms with Gasteiger partial charge in [-0.3, -0.25) is 9.59 Å². The molecule has 0 radical (unpaired) electrons. The molecule has 3 N–H and O–H groups in total. The van der Waals surface area contributed by atoms with Gasteiger partial charge in [0.25, 0.3) is 0 Å². The van der Waals surface area contributed by atoms with Crippen molar-refractivity contribution in [3.05, 3.63) is 28.7 Å². The van der Waals surface area contributed by atoms with Gasteiger partial charge in [0.15, 0.2) is 0 Å². The molecule has 1 fully saturated rings. The Bertz CT molecular complexity index is 413. The highest BCUT2D eigenvalue weighted by atomic mass is 16.2. The molecule has 2 rings (SSSR count). The summed E-state index contributed by atoms with van der Waals surface area (Å²) in [6, 6.07) is 1.23. The molecule has 5 heteroatoms. The van der Waals surface area contributed by atoms with Gasteiger partial charge in [-0.2, -0.15) is 0 Å². The molecule has 5 nitrogen and oxygen atoms in total. The van der Waals surface area contributed by atoms with Crippen LogP contribution in [0, 0.1) is 0 Å². The number of nitrogens with two attached hydrogens (primary N) is 1. The van der Waals surface area contributed by atoms with Gasteiger partial charge in [0, 0.05) is 37.5 Å². The van der Waals surface area contributed by atoms with E-state index in [2.05, 4.69) is 4.98 Å². The number of pyridine rings is 1. The molecule has 74 valence electrons. The fourth-order valence-corrected chi connectivity index (χ4v) is 1.59. The number of carbonyl (C=O) groups excluding carboxylic acids is 1. The van der Waals surface area contributed by atoms with Gasteiger partial charge in [0.05, 0.1) is 0 Å². The first-order chi connectivity index (χ1) is 6.68. The second-order valence-electron chi connectivity index (χ2n) is 3.36. The second kappa shape index (κ2) is 3.26. The largest absolute Gasteiger partial charge is 0.366 e. The van der Waals surface area contributed by atoms with E-state index in [4.69, 9.17) is 5.73 Å². The minimum absolute atomic E-state index is 0.0887. The topological polar surface area (TPSA) is 79.2 Å². The number of hydrogen-bond acceptors (Lipinski definition) is 3. The predicted octanol–water partition coefficient (Wildman–Crippen LogP) is -0.561. The molecule has 0 bridgehead atoms. The zero-order valence-corrected chi connectivity index (χ0v) is 7.56. The van der Waals surface area contributed by atoms with Crippen LogP contribution in [-0.4, -0.2) is 23.5 Å². The van der Waals surface area contributed by atoms with Crippen LogP contribution >= 0.6 is 0 Å². The smallest absolute Gasteiger partial charge is 0.228 e. The van der Waals surface area contributed by atoms with Crippen LogP contribution in [0.25, 0.3) is 0 Å². The summed E-state index contributed by atoms with van der Waals surface area (Å²) in [4.78, 5) is 27.0. The maximum Gasteiger partial charge on any atom is 0.228 e. The average molecular weight is 193 g/mol. The molecule has 0 aromatic carbocycles. The zero-order chi connectivity index (χ0) is 10.1. The second-order valence-corrected chi connectivity index (χ2v) is 3.36. The Labute approximate surface area is 80.5 Å². The van der Waals surface area contributed by atoms with E-state index < -0.39 is 0 Å². The Kier molecular flexibility index (Phi) is 2.09. The van der Waals surface area contributed by atoms with Crippen molar-refractivity contribution in [1.29, 1.82) is 0 Å². The van der Waals surface area contributed by atoms with E-state index in [1.807, 2.05) is 0 Å². The summed E-state index contributed by atoms with van der Waals surface area (Å²) < 4.78 is 0. The minimum atomic E-state index is -0.165. The Hall–Kier alpha value is -1.62. The quantitative estimate of drug-likeness (QED) is 0.627. The molecule has 0 saturated carbocycles. The van der Waals surface area contributed by atoms with Crippen molar-refractivity contribution in [1.82, 2.24) is 4.98 Å². The Morgan fingerprint density at radius 1 is 1.50 bits per heavy atom. The van der Waals surface area contributed by atoms with Crippen molar-refractivity contribution < 1.29 is 4.79 Å². The SMILES string of the molecule is NC1CC(=O)N(c2c[nH]ccc2=O)C1. The lowest BCUT2D eigenvalue weighted by Crippen LogP contribution is -2.31. The van der Waals surface area contributed by atoms with Crippen LogP contribution in [0.3, 0.4) is 0 Å². The van der Waals surface area contributed by atoms with E-state index >= 15 is 0 Å². The number of anilines is 1. The van der Waals surface area contributed by atoms with Gasteiger partial charge in [-0.25, -0.2) is 0 Å². The highest BCUT2D eigenvalue weighted by Crippen LogP contribution is 2.15. The predicted molar refractivity (Wildman–Crippen MR) is 52.0 cm³/mol. The van der Waals surface area contributed by atoms with Gasteiger partial charge in [0.1, 0.15) is 5.69 Å². The molecule has 1 unspecified atom stereocenters. The standard InChI is InChI=1S/C9H11N3O2/c10-6-3-9(14)12(5-6)7-4-11-2-1-8(7)13/h1-2,4,6H,3,5,10H2,(H,11,13). The lowest BCUT2D eigenvalue weighted by atomic mass is 10.3. The molecule has 0 aliphatic carbocycles. The first kappa shape index (κ1) is 8.96. The maximum absolute atomic E-state index is 11.4. The molecule has 2 heterocycles. The van der Waals surface area contributed by atoms with Gasteiger partial charge in [-0.15, -0.1) is 0 Å². The normalized spacial score (nSPS) is 21.6. The van der Waals surface area contributed by atoms with Crippen LogP contribution in [0.1, 0.15) is 6.42 Å². The third kappa shape index (κ3) is 1.42. The fourth-order valence-electron chi connectivity index (χ4n) is 1.59. The Balaban J connectivity index is 2.37. The fraction of sp³-hybridized carbons (Fsp3) is 0.333. The van der Waals surface area contributed by atoms with Crippen molar-refractivity contribution in [3.63, 3.8) is 0 Å². The number of aromatic nitrogens is 1. The summed E-state index contributed by atoms with van der Waals surface area (Å²) in [5.74, 6) is -0.0887. The van der Waals surface area contributed by atoms with Crippen LogP contribution in [0.2, 0.25) is 0 Å². The first-order valence-electron chi connectivity index (χ1n) is 4.41. The van der Waals surface area contributed by atoms with Crippen LogP contribution < -0.4 is 16.1 Å². The van der Waals surface area contributed by atoms with E-state index in [1.165, 1.54) is 23.4 Å². The summed E-state index contributed by atoms with van der Waals surface area (Å²) in [5, 5.41) is 0. The first-order valence-corrected chi connectivity index (χ1v) is 4.41. The monoisotopic (exact) mass is 193 g/mol. The minimum Gasteiger partial charge on any atom is -0.366 e. The molecule has 1 aliphatic heterocycles. The summed E-state index contributed by atoms with van der Waals surface area (Å²) in [7, 11) is 0. The summed E-state index contributed by atoms with van der Waals surface area (Å²) in [6.45, 7) is 0.423. The maximum atomic E-state index is 11.4. The molecule has 1 amide bonds. The molecule has 1 atom stereocenters. The molecular weight excluding hydrogens is 182 g/mol. The lowest BCUT2D eigenvalue weighted by molar-refractivity contribution is -0.117. The average Bonchev–Trinajstić information content (AvgIpc) is 2.46. The van der Waals surface area contributed by atoms with Crippen molar-refractivity contribution in [3.8, 4) is 0 Å². The third-order valence-corrected chi connectivity index (χ3v) is 2.25. The van der Waals surface area contributed by atoms with Gasteiger partial charge in [-0.05, 0) is 0 Å². The summed E-state index contributed by atoms with van der Waals surface area (Å²) in [6.07, 6.45) is 3.37. The highest BCUT2D eigenvalue weighted by Gasteiger charge is 2.29. The van der Waals surface area contributed by atoms with Crippen LogP contribution in [0.5, 0.6) is 0 Å². The van der Waals surface area contributed by atoms with Crippen molar-refractivity contribution in [2.24, 2.45) is 5.73 Å². The van der Waals surface area contributed by atoms with Gasteiger partial charge in [-0.1, -0.05) is 0 Å². The van der Waals surface area contributed by atoms with Crippen LogP contribution in [0.4, 0.5) is 5.69 Å². The molecule has 1 aromatic rings. The van der Waals surface area contributed by atoms with Gasteiger partial charge in [0.2, 0.25) is 11.3 Å². The zero-order valence-electron chi connectivity index (χ0n) is 7.56. The number of carbonyl (C=O) groups is 1. The Morgan fingerprint density at radius 3 is 2.86 bits per heavy atom. The number of amides is 1. The van der Waals surface area contributed by atoms with Crippen molar-refractivity contribution in [2.75, 3.05) is 11.4 Å². The van der Waals surface area contributed by atoms with Crippen molar-refractivity contribution in [2.45, 2.75) is 12.5 Å². The number of hydrogen-bond donors (Lipinski definition) is 2. The molecule has 1 aromatic heterocycles. The van der Waals surface area contributed by atoms with Crippen molar-refractivity contribution >= 4 is 11.6 Å². The molecule has 0 spiro atoms. The van der Waals surface area contributed by atoms with Gasteiger partial charge >= 0.3 is 0 Å². The molecule has 1 aliphatic rings. The number of nitrogens with one attached hydrogen (secondary N) is 1. The number of H-pyrrole nitrogens is 1. The van der Waals surface area contributed by atoms with E-state index in [1.54, 1.807) is 0 Å². The number of rotatable bonds is 1. The number of nitrogens with zero attached hydrogens (tertiary/aromatic N) is 1. The molecule has 14 heavy (non-hydrogen) atoms. The van der Waals surface area contributed by atoms with Crippen LogP contribution in [0.15, 0.2) is 23.3 Å². The van der Waals surface area contributed by atoms with E-state index in [0.29, 0.717) is 18.7 Å². The molecule has 1 saturated heterocycles. The third-order valence-electron chi connectivity index (χ3n) is 2.25. The summed E-state index contributed by atoms with van der Waals surface area (Å²) in [5.41, 5.74) is 5.85. The van der Waals surface area contributed by atoms with E-state index in [0.717, 1.165) is 0 Å². The van der Waals surface area contributed by atoms with E-state index in [-0.39, 0.29) is 17.4 Å². The van der Waals surface area contributed by atoms with Crippen LogP contribution in [-0.2, 0) is 4.79 Å². The highest BCUT2D eigenvalue weighted by molar-refractivity contribution is 5.95. The van der Waals surface area contributed by atoms with Gasteiger partial charge < -0.3 is 15.6 Å². The molecular formula is C9H11N3O2.